The first-order chi connectivity index (χ1) is 28.7. The normalized spacial score (nSPS) is 26.1. The molecule has 3 N–H and O–H groups in total. The van der Waals surface area contributed by atoms with Crippen LogP contribution in [0.1, 0.15) is 124 Å². The summed E-state index contributed by atoms with van der Waals surface area (Å²) in [5.41, 5.74) is -0.249. The predicted octanol–water partition coefficient (Wildman–Crippen LogP) is 6.49. The molecule has 2 aromatic rings. The Morgan fingerprint density at radius 3 is 2.52 bits per heavy atom. The van der Waals surface area contributed by atoms with E-state index in [9.17, 15) is 22.8 Å². The van der Waals surface area contributed by atoms with Crippen LogP contribution in [-0.2, 0) is 35.6 Å². The zero-order valence-corrected chi connectivity index (χ0v) is 36.8. The maximum absolute atomic E-state index is 15.1. The quantitative estimate of drug-likeness (QED) is 0.188. The number of nitrogens with one attached hydrogen (secondary N) is 3. The van der Waals surface area contributed by atoms with Gasteiger partial charge in [0.25, 0.3) is 5.91 Å². The van der Waals surface area contributed by atoms with Gasteiger partial charge in [-0.2, -0.15) is 0 Å². The number of alkyl carbamates (subject to hydrolysis) is 1. The van der Waals surface area contributed by atoms with Crippen LogP contribution in [0.4, 0.5) is 4.79 Å². The maximum atomic E-state index is 15.1. The lowest BCUT2D eigenvalue weighted by atomic mass is 9.85. The molecule has 1 saturated heterocycles. The third-order valence-electron chi connectivity index (χ3n) is 13.2. The summed E-state index contributed by atoms with van der Waals surface area (Å²) < 4.78 is 47.3. The molecule has 6 rings (SSSR count). The third-order valence-corrected chi connectivity index (χ3v) is 15.0. The molecular formula is C45H65N5O9S. The number of rotatable bonds is 13. The van der Waals surface area contributed by atoms with Crippen molar-refractivity contribution in [1.29, 1.82) is 0 Å². The number of hydrogen-bond donors (Lipinski definition) is 3. The zero-order valence-electron chi connectivity index (χ0n) is 36.0. The van der Waals surface area contributed by atoms with Gasteiger partial charge in [-0.3, -0.25) is 19.1 Å². The number of sulfonamides is 1. The third kappa shape index (κ3) is 10.0. The molecule has 60 heavy (non-hydrogen) atoms. The van der Waals surface area contributed by atoms with Crippen molar-refractivity contribution < 1.29 is 41.8 Å². The predicted molar refractivity (Wildman–Crippen MR) is 229 cm³/mol. The minimum Gasteiger partial charge on any atom is -0.493 e. The molecule has 8 unspecified atom stereocenters. The fraction of sp³-hybridized carbons (Fsp3) is 0.667. The molecule has 3 fully saturated rings. The molecule has 2 aliphatic heterocycles. The largest absolute Gasteiger partial charge is 0.493 e. The Morgan fingerprint density at radius 1 is 1.07 bits per heavy atom. The number of benzene rings is 1. The number of aromatic nitrogens is 1. The van der Waals surface area contributed by atoms with E-state index in [1.54, 1.807) is 6.92 Å². The molecule has 3 heterocycles. The van der Waals surface area contributed by atoms with E-state index in [0.717, 1.165) is 62.3 Å². The number of amides is 4. The van der Waals surface area contributed by atoms with E-state index in [0.29, 0.717) is 55.9 Å². The van der Waals surface area contributed by atoms with Gasteiger partial charge in [0.1, 0.15) is 35.6 Å². The number of hydrogen-bond acceptors (Lipinski definition) is 10. The van der Waals surface area contributed by atoms with Gasteiger partial charge in [0.05, 0.1) is 29.5 Å². The summed E-state index contributed by atoms with van der Waals surface area (Å²) in [4.78, 5) is 63.9. The van der Waals surface area contributed by atoms with E-state index in [1.807, 2.05) is 45.0 Å². The van der Waals surface area contributed by atoms with Crippen molar-refractivity contribution in [2.24, 2.45) is 17.8 Å². The van der Waals surface area contributed by atoms with E-state index < -0.39 is 68.7 Å². The first-order valence-electron chi connectivity index (χ1n) is 22.2. The van der Waals surface area contributed by atoms with Crippen molar-refractivity contribution >= 4 is 44.7 Å². The molecular weight excluding hydrogens is 787 g/mol. The Bertz CT molecular complexity index is 2010. The van der Waals surface area contributed by atoms with Gasteiger partial charge >= 0.3 is 6.09 Å². The molecule has 0 spiro atoms. The molecule has 0 radical (unpaired) electrons. The summed E-state index contributed by atoms with van der Waals surface area (Å²) >= 11 is 0. The smallest absolute Gasteiger partial charge is 0.408 e. The van der Waals surface area contributed by atoms with Crippen molar-refractivity contribution in [1.82, 2.24) is 25.2 Å². The molecule has 4 amide bonds. The van der Waals surface area contributed by atoms with Crippen LogP contribution >= 0.6 is 0 Å². The number of carbonyl (C=O) groups excluding carboxylic acids is 4. The number of nitrogens with zero attached hydrogens (tertiary/aromatic N) is 2. The molecule has 1 aromatic heterocycles. The van der Waals surface area contributed by atoms with Crippen LogP contribution < -0.4 is 24.8 Å². The Labute approximate surface area is 355 Å². The number of carbonyl (C=O) groups is 4. The topological polar surface area (TPSA) is 182 Å². The van der Waals surface area contributed by atoms with Gasteiger partial charge in [-0.25, -0.2) is 18.2 Å². The van der Waals surface area contributed by atoms with Crippen molar-refractivity contribution in [3.63, 3.8) is 0 Å². The Morgan fingerprint density at radius 2 is 1.82 bits per heavy atom. The molecule has 4 aliphatic rings. The van der Waals surface area contributed by atoms with E-state index >= 15 is 4.79 Å². The summed E-state index contributed by atoms with van der Waals surface area (Å²) in [6.07, 6.45) is 9.73. The van der Waals surface area contributed by atoms with E-state index in [1.165, 1.54) is 17.9 Å². The summed E-state index contributed by atoms with van der Waals surface area (Å²) in [6.45, 7) is 13.3. The van der Waals surface area contributed by atoms with Crippen molar-refractivity contribution in [3.05, 3.63) is 42.5 Å². The average molecular weight is 852 g/mol. The summed E-state index contributed by atoms with van der Waals surface area (Å²) in [6, 6.07) is 5.55. The SMILES string of the molecule is C=CC(C)C(C)(NC(=O)C1CC2CN1C(=O)C(C(CC)CCC)NC(=O)OC1CCCC1CCCCCc1c(nc3ccccc3c1OCC)O2)C(=O)NS(=O)(=O)C1CC1. The van der Waals surface area contributed by atoms with Gasteiger partial charge in [0.2, 0.25) is 27.7 Å². The van der Waals surface area contributed by atoms with Gasteiger partial charge in [0.15, 0.2) is 0 Å². The van der Waals surface area contributed by atoms with E-state index in [2.05, 4.69) is 21.9 Å². The standard InChI is InChI=1S/C45H65N5O9S/c1-7-17-29(9-3)38-42(52)50-27-31(26-36(50)40(51)48-45(6,28(5)8-2)43(53)49-60(55,56)32-24-25-32)58-41-34(39(57-10-4)33-20-14-15-22-35(33)46-41)21-13-11-12-18-30-19-16-23-37(30)59-44(54)47-38/h8,14-15,20,22,28-32,36-38H,2,7,9-13,16-19,21,23-27H2,1,3-6H3,(H,47,54)(H,48,51)(H,49,53). The second kappa shape index (κ2) is 19.5. The van der Waals surface area contributed by atoms with Gasteiger partial charge < -0.3 is 29.7 Å². The highest BCUT2D eigenvalue weighted by Crippen LogP contribution is 2.39. The molecule has 8 atom stereocenters. The monoisotopic (exact) mass is 851 g/mol. The first-order valence-corrected chi connectivity index (χ1v) is 23.8. The van der Waals surface area contributed by atoms with Gasteiger partial charge in [-0.1, -0.05) is 64.7 Å². The van der Waals surface area contributed by atoms with Crippen LogP contribution in [0.25, 0.3) is 10.9 Å². The maximum Gasteiger partial charge on any atom is 0.408 e. The number of ether oxygens (including phenoxy) is 3. The highest BCUT2D eigenvalue weighted by Gasteiger charge is 2.49. The lowest BCUT2D eigenvalue weighted by Gasteiger charge is -2.36. The number of para-hydroxylation sites is 1. The summed E-state index contributed by atoms with van der Waals surface area (Å²) in [5, 5.41) is 6.01. The fourth-order valence-corrected chi connectivity index (χ4v) is 10.6. The molecule has 2 saturated carbocycles. The van der Waals surface area contributed by atoms with E-state index in [-0.39, 0.29) is 30.9 Å². The summed E-state index contributed by atoms with van der Waals surface area (Å²) in [5.74, 6) is -1.72. The molecule has 14 nitrogen and oxygen atoms in total. The van der Waals surface area contributed by atoms with Gasteiger partial charge in [-0.15, -0.1) is 6.58 Å². The Balaban J connectivity index is 1.41. The molecule has 330 valence electrons. The lowest BCUT2D eigenvalue weighted by Crippen LogP contribution is -2.64. The highest BCUT2D eigenvalue weighted by molar-refractivity contribution is 7.91. The van der Waals surface area contributed by atoms with E-state index in [4.69, 9.17) is 19.2 Å². The first kappa shape index (κ1) is 45.1. The van der Waals surface area contributed by atoms with Crippen LogP contribution in [0.3, 0.4) is 0 Å². The van der Waals surface area contributed by atoms with Crippen molar-refractivity contribution in [2.75, 3.05) is 13.2 Å². The molecule has 1 aromatic carbocycles. The second-order valence-corrected chi connectivity index (χ2v) is 19.3. The molecule has 2 bridgehead atoms. The zero-order chi connectivity index (χ0) is 43.2. The number of fused-ring (bicyclic) bond motifs is 5. The Kier molecular flexibility index (Phi) is 14.7. The Hall–Kier alpha value is -4.40. The second-order valence-electron chi connectivity index (χ2n) is 17.4. The minimum atomic E-state index is -3.96. The highest BCUT2D eigenvalue weighted by atomic mass is 32.2. The van der Waals surface area contributed by atoms with Crippen molar-refractivity contribution in [2.45, 2.75) is 160 Å². The van der Waals surface area contributed by atoms with Crippen molar-refractivity contribution in [3.8, 4) is 11.6 Å². The average Bonchev–Trinajstić information content (AvgIpc) is 3.88. The summed E-state index contributed by atoms with van der Waals surface area (Å²) in [7, 11) is -3.96. The van der Waals surface area contributed by atoms with Crippen LogP contribution in [-0.4, -0.2) is 90.3 Å². The van der Waals surface area contributed by atoms with Gasteiger partial charge in [-0.05, 0) is 95.6 Å². The number of pyridine rings is 1. The van der Waals surface area contributed by atoms with Gasteiger partial charge in [0, 0.05) is 17.7 Å². The van der Waals surface area contributed by atoms with Crippen LogP contribution in [0, 0.1) is 17.8 Å². The lowest BCUT2D eigenvalue weighted by molar-refractivity contribution is -0.143. The van der Waals surface area contributed by atoms with Crippen LogP contribution in [0.5, 0.6) is 11.6 Å². The molecule has 2 aliphatic carbocycles. The molecule has 15 heteroatoms. The minimum absolute atomic E-state index is 0.0225. The fourth-order valence-electron chi connectivity index (χ4n) is 9.22. The van der Waals surface area contributed by atoms with Crippen LogP contribution in [0.2, 0.25) is 0 Å². The van der Waals surface area contributed by atoms with Crippen LogP contribution in [0.15, 0.2) is 36.9 Å².